The van der Waals surface area contributed by atoms with Crippen molar-refractivity contribution in [1.29, 1.82) is 0 Å². The third kappa shape index (κ3) is 3.08. The molecule has 0 radical (unpaired) electrons. The van der Waals surface area contributed by atoms with E-state index in [9.17, 15) is 4.79 Å². The molecule has 0 unspecified atom stereocenters. The summed E-state index contributed by atoms with van der Waals surface area (Å²) in [6.07, 6.45) is 5.24. The van der Waals surface area contributed by atoms with Gasteiger partial charge >= 0.3 is 0 Å². The summed E-state index contributed by atoms with van der Waals surface area (Å²) < 4.78 is 0. The van der Waals surface area contributed by atoms with Crippen LogP contribution >= 0.6 is 0 Å². The van der Waals surface area contributed by atoms with Gasteiger partial charge in [-0.25, -0.2) is 5.43 Å². The smallest absolute Gasteiger partial charge is 0.245 e. The fourth-order valence-electron chi connectivity index (χ4n) is 1.46. The van der Waals surface area contributed by atoms with E-state index in [1.165, 1.54) is 0 Å². The zero-order valence-corrected chi connectivity index (χ0v) is 9.84. The Balaban J connectivity index is 2.07. The van der Waals surface area contributed by atoms with E-state index in [1.54, 1.807) is 18.6 Å². The molecule has 0 fully saturated rings. The van der Waals surface area contributed by atoms with Gasteiger partial charge in [0.2, 0.25) is 5.91 Å². The highest BCUT2D eigenvalue weighted by molar-refractivity contribution is 5.87. The Bertz CT molecular complexity index is 581. The summed E-state index contributed by atoms with van der Waals surface area (Å²) in [7, 11) is 0. The summed E-state index contributed by atoms with van der Waals surface area (Å²) in [6, 6.07) is 5.59. The summed E-state index contributed by atoms with van der Waals surface area (Å²) in [5.74, 6) is -0.137. The van der Waals surface area contributed by atoms with Gasteiger partial charge in [0.15, 0.2) is 0 Å². The molecule has 18 heavy (non-hydrogen) atoms. The maximum absolute atomic E-state index is 11.2. The molecular weight excluding hydrogens is 230 g/mol. The van der Waals surface area contributed by atoms with E-state index in [0.29, 0.717) is 13.0 Å². The second-order valence-electron chi connectivity index (χ2n) is 3.70. The van der Waals surface area contributed by atoms with Crippen molar-refractivity contribution in [3.8, 4) is 0 Å². The van der Waals surface area contributed by atoms with E-state index in [2.05, 4.69) is 26.2 Å². The Morgan fingerprint density at radius 2 is 2.11 bits per heavy atom. The largest absolute Gasteiger partial charge is 0.357 e. The Morgan fingerprint density at radius 3 is 2.89 bits per heavy atom. The van der Waals surface area contributed by atoms with Crippen LogP contribution in [0.25, 0.3) is 11.0 Å². The number of benzene rings is 1. The number of quaternary nitrogens is 1. The van der Waals surface area contributed by atoms with E-state index in [4.69, 9.17) is 0 Å². The first-order valence-corrected chi connectivity index (χ1v) is 5.61. The third-order valence-corrected chi connectivity index (χ3v) is 2.30. The van der Waals surface area contributed by atoms with Gasteiger partial charge in [-0.05, 0) is 17.7 Å². The SMILES string of the molecule is [NH3+]CCC(=O)N/N=C\c1ccc2nccnc2c1. The summed E-state index contributed by atoms with van der Waals surface area (Å²) in [5, 5.41) is 3.87. The van der Waals surface area contributed by atoms with Crippen LogP contribution in [0.1, 0.15) is 12.0 Å². The molecule has 0 bridgehead atoms. The van der Waals surface area contributed by atoms with Crippen LogP contribution < -0.4 is 11.2 Å². The minimum absolute atomic E-state index is 0.137. The number of carbonyl (C=O) groups excluding carboxylic acids is 1. The van der Waals surface area contributed by atoms with Gasteiger partial charge in [-0.3, -0.25) is 14.8 Å². The first-order chi connectivity index (χ1) is 8.79. The van der Waals surface area contributed by atoms with Crippen molar-refractivity contribution in [3.05, 3.63) is 36.2 Å². The number of carbonyl (C=O) groups is 1. The molecule has 0 saturated carbocycles. The number of nitrogens with one attached hydrogen (secondary N) is 1. The van der Waals surface area contributed by atoms with Crippen molar-refractivity contribution in [3.63, 3.8) is 0 Å². The third-order valence-electron chi connectivity index (χ3n) is 2.30. The molecule has 0 aliphatic carbocycles. The monoisotopic (exact) mass is 244 g/mol. The van der Waals surface area contributed by atoms with Crippen LogP contribution in [0.2, 0.25) is 0 Å². The quantitative estimate of drug-likeness (QED) is 0.571. The average Bonchev–Trinajstić information content (AvgIpc) is 2.39. The predicted molar refractivity (Wildman–Crippen MR) is 67.6 cm³/mol. The molecule has 2 aromatic rings. The number of fused-ring (bicyclic) bond motifs is 1. The van der Waals surface area contributed by atoms with E-state index in [0.717, 1.165) is 16.6 Å². The fraction of sp³-hybridized carbons (Fsp3) is 0.167. The molecule has 1 amide bonds. The normalized spacial score (nSPS) is 10.9. The number of amides is 1. The Labute approximate surface area is 104 Å². The second kappa shape index (κ2) is 5.83. The lowest BCUT2D eigenvalue weighted by molar-refractivity contribution is -0.366. The maximum Gasteiger partial charge on any atom is 0.245 e. The summed E-state index contributed by atoms with van der Waals surface area (Å²) >= 11 is 0. The zero-order chi connectivity index (χ0) is 12.8. The van der Waals surface area contributed by atoms with Crippen molar-refractivity contribution < 1.29 is 10.5 Å². The van der Waals surface area contributed by atoms with E-state index in [1.807, 2.05) is 18.2 Å². The van der Waals surface area contributed by atoms with Gasteiger partial charge in [0, 0.05) is 12.4 Å². The lowest BCUT2D eigenvalue weighted by atomic mass is 10.2. The van der Waals surface area contributed by atoms with Gasteiger partial charge in [-0.15, -0.1) is 0 Å². The topological polar surface area (TPSA) is 94.9 Å². The molecule has 1 aromatic carbocycles. The second-order valence-corrected chi connectivity index (χ2v) is 3.70. The van der Waals surface area contributed by atoms with Crippen LogP contribution in [0.3, 0.4) is 0 Å². The summed E-state index contributed by atoms with van der Waals surface area (Å²) in [5.41, 5.74) is 8.52. The molecule has 6 heteroatoms. The maximum atomic E-state index is 11.2. The van der Waals surface area contributed by atoms with Crippen molar-refractivity contribution in [2.24, 2.45) is 5.10 Å². The number of nitrogens with zero attached hydrogens (tertiary/aromatic N) is 3. The number of hydrazone groups is 1. The number of rotatable bonds is 4. The Hall–Kier alpha value is -2.34. The van der Waals surface area contributed by atoms with E-state index >= 15 is 0 Å². The van der Waals surface area contributed by atoms with Crippen LogP contribution in [0.15, 0.2) is 35.7 Å². The molecule has 0 saturated heterocycles. The highest BCUT2D eigenvalue weighted by Crippen LogP contribution is 2.08. The van der Waals surface area contributed by atoms with Gasteiger partial charge in [-0.2, -0.15) is 5.10 Å². The molecule has 0 aliphatic rings. The van der Waals surface area contributed by atoms with Crippen molar-refractivity contribution in [1.82, 2.24) is 15.4 Å². The van der Waals surface area contributed by atoms with E-state index < -0.39 is 0 Å². The summed E-state index contributed by atoms with van der Waals surface area (Å²) in [6.45, 7) is 0.562. The first-order valence-electron chi connectivity index (χ1n) is 5.61. The van der Waals surface area contributed by atoms with Crippen molar-refractivity contribution in [2.75, 3.05) is 6.54 Å². The minimum atomic E-state index is -0.137. The molecule has 0 aliphatic heterocycles. The van der Waals surface area contributed by atoms with Crippen LogP contribution in [0.5, 0.6) is 0 Å². The van der Waals surface area contributed by atoms with Gasteiger partial charge in [0.25, 0.3) is 0 Å². The van der Waals surface area contributed by atoms with Crippen molar-refractivity contribution >= 4 is 23.2 Å². The molecular formula is C12H14N5O+. The predicted octanol–water partition coefficient (Wildman–Crippen LogP) is -0.288. The van der Waals surface area contributed by atoms with Crippen LogP contribution in [-0.4, -0.2) is 28.6 Å². The van der Waals surface area contributed by atoms with Crippen LogP contribution in [0, 0.1) is 0 Å². The van der Waals surface area contributed by atoms with Gasteiger partial charge in [0.05, 0.1) is 30.2 Å². The number of hydrogen-bond acceptors (Lipinski definition) is 4. The molecule has 1 aromatic heterocycles. The Kier molecular flexibility index (Phi) is 3.93. The average molecular weight is 244 g/mol. The standard InChI is InChI=1S/C12H13N5O/c13-4-3-12(18)17-16-8-9-1-2-10-11(7-9)15-6-5-14-10/h1-2,5-8H,3-4,13H2,(H,17,18)/p+1/b16-8-. The highest BCUT2D eigenvalue weighted by atomic mass is 16.2. The number of hydrogen-bond donors (Lipinski definition) is 2. The molecule has 2 rings (SSSR count). The number of aromatic nitrogens is 2. The molecule has 4 N–H and O–H groups in total. The van der Waals surface area contributed by atoms with Crippen LogP contribution in [-0.2, 0) is 4.79 Å². The van der Waals surface area contributed by atoms with Gasteiger partial charge in [-0.1, -0.05) is 6.07 Å². The Morgan fingerprint density at radius 1 is 1.33 bits per heavy atom. The van der Waals surface area contributed by atoms with Gasteiger partial charge < -0.3 is 5.73 Å². The highest BCUT2D eigenvalue weighted by Gasteiger charge is 1.98. The molecule has 0 atom stereocenters. The van der Waals surface area contributed by atoms with Crippen molar-refractivity contribution in [2.45, 2.75) is 6.42 Å². The molecule has 92 valence electrons. The lowest BCUT2D eigenvalue weighted by Gasteiger charge is -1.98. The minimum Gasteiger partial charge on any atom is -0.357 e. The molecule has 1 heterocycles. The lowest BCUT2D eigenvalue weighted by Crippen LogP contribution is -2.51. The van der Waals surface area contributed by atoms with E-state index in [-0.39, 0.29) is 5.91 Å². The molecule has 6 nitrogen and oxygen atoms in total. The molecule has 0 spiro atoms. The fourth-order valence-corrected chi connectivity index (χ4v) is 1.46. The zero-order valence-electron chi connectivity index (χ0n) is 9.84. The van der Waals surface area contributed by atoms with Gasteiger partial charge in [0.1, 0.15) is 0 Å². The first kappa shape index (κ1) is 12.1. The summed E-state index contributed by atoms with van der Waals surface area (Å²) in [4.78, 5) is 19.5. The van der Waals surface area contributed by atoms with Crippen LogP contribution in [0.4, 0.5) is 0 Å².